The fourth-order valence-corrected chi connectivity index (χ4v) is 2.57. The molecule has 102 valence electrons. The van der Waals surface area contributed by atoms with E-state index in [1.165, 1.54) is 36.6 Å². The van der Waals surface area contributed by atoms with Gasteiger partial charge in [0.15, 0.2) is 0 Å². The molecule has 3 rings (SSSR count). The third-order valence-corrected chi connectivity index (χ3v) is 3.83. The normalized spacial score (nSPS) is 15.0. The van der Waals surface area contributed by atoms with Crippen molar-refractivity contribution in [2.45, 2.75) is 38.3 Å². The van der Waals surface area contributed by atoms with Gasteiger partial charge in [-0.1, -0.05) is 6.07 Å². The van der Waals surface area contributed by atoms with Gasteiger partial charge in [-0.2, -0.15) is 0 Å². The molecule has 1 saturated carbocycles. The number of benzene rings is 1. The lowest BCUT2D eigenvalue weighted by atomic mass is 10.2. The number of rotatable bonds is 7. The molecule has 2 aromatic rings. The van der Waals surface area contributed by atoms with Crippen LogP contribution in [0.3, 0.4) is 0 Å². The molecule has 0 unspecified atom stereocenters. The number of unbranched alkanes of at least 4 members (excludes halogenated alkanes) is 1. The number of aryl methyl sites for hydroxylation is 1. The van der Waals surface area contributed by atoms with Crippen molar-refractivity contribution in [3.05, 3.63) is 30.5 Å². The van der Waals surface area contributed by atoms with Gasteiger partial charge in [0.05, 0.1) is 12.6 Å². The number of hydrogen-bond donors (Lipinski definition) is 1. The Bertz CT molecular complexity index is 543. The Hall–Kier alpha value is -1.48. The summed E-state index contributed by atoms with van der Waals surface area (Å²) in [4.78, 5) is 0. The summed E-state index contributed by atoms with van der Waals surface area (Å²) in [5.74, 6) is 0.964. The van der Waals surface area contributed by atoms with E-state index in [0.29, 0.717) is 0 Å². The average molecular weight is 258 g/mol. The van der Waals surface area contributed by atoms with Crippen molar-refractivity contribution in [3.8, 4) is 5.75 Å². The predicted octanol–water partition coefficient (Wildman–Crippen LogP) is 3.18. The Balaban J connectivity index is 1.57. The van der Waals surface area contributed by atoms with Gasteiger partial charge in [0.25, 0.3) is 0 Å². The Morgan fingerprint density at radius 2 is 2.16 bits per heavy atom. The van der Waals surface area contributed by atoms with Crippen molar-refractivity contribution >= 4 is 10.9 Å². The topological polar surface area (TPSA) is 26.2 Å². The molecule has 0 atom stereocenters. The maximum Gasteiger partial charge on any atom is 0.128 e. The molecular weight excluding hydrogens is 236 g/mol. The quantitative estimate of drug-likeness (QED) is 0.772. The molecular formula is C16H22N2O. The summed E-state index contributed by atoms with van der Waals surface area (Å²) < 4.78 is 7.72. The molecule has 1 heterocycles. The first-order valence-corrected chi connectivity index (χ1v) is 7.24. The van der Waals surface area contributed by atoms with Crippen LogP contribution < -0.4 is 10.1 Å². The zero-order valence-electron chi connectivity index (χ0n) is 11.6. The van der Waals surface area contributed by atoms with E-state index in [-0.39, 0.29) is 0 Å². The van der Waals surface area contributed by atoms with Crippen LogP contribution in [0, 0.1) is 0 Å². The van der Waals surface area contributed by atoms with E-state index >= 15 is 0 Å². The van der Waals surface area contributed by atoms with Gasteiger partial charge in [0.2, 0.25) is 0 Å². The number of nitrogens with zero attached hydrogens (tertiary/aromatic N) is 1. The minimum atomic E-state index is 0.830. The average Bonchev–Trinajstić information content (AvgIpc) is 3.17. The number of nitrogens with one attached hydrogen (secondary N) is 1. The zero-order valence-corrected chi connectivity index (χ0v) is 11.6. The first-order chi connectivity index (χ1) is 9.38. The Labute approximate surface area is 114 Å². The van der Waals surface area contributed by atoms with Crippen molar-refractivity contribution in [2.75, 3.05) is 13.7 Å². The van der Waals surface area contributed by atoms with E-state index in [0.717, 1.165) is 24.9 Å². The van der Waals surface area contributed by atoms with Crippen molar-refractivity contribution in [3.63, 3.8) is 0 Å². The molecule has 19 heavy (non-hydrogen) atoms. The van der Waals surface area contributed by atoms with Crippen molar-refractivity contribution in [1.82, 2.24) is 9.88 Å². The number of fused-ring (bicyclic) bond motifs is 1. The van der Waals surface area contributed by atoms with E-state index in [2.05, 4.69) is 34.3 Å². The van der Waals surface area contributed by atoms with Gasteiger partial charge in [-0.3, -0.25) is 0 Å². The van der Waals surface area contributed by atoms with Crippen LogP contribution in [0.25, 0.3) is 10.9 Å². The molecule has 0 aliphatic heterocycles. The second kappa shape index (κ2) is 5.66. The van der Waals surface area contributed by atoms with Crippen molar-refractivity contribution < 1.29 is 4.74 Å². The Morgan fingerprint density at radius 1 is 1.26 bits per heavy atom. The summed E-state index contributed by atoms with van der Waals surface area (Å²) in [5, 5.41) is 4.77. The molecule has 0 saturated heterocycles. The molecule has 1 N–H and O–H groups in total. The lowest BCUT2D eigenvalue weighted by molar-refractivity contribution is 0.420. The van der Waals surface area contributed by atoms with Gasteiger partial charge in [-0.05, 0) is 50.4 Å². The molecule has 0 amide bonds. The molecule has 0 radical (unpaired) electrons. The van der Waals surface area contributed by atoms with Crippen LogP contribution in [0.15, 0.2) is 30.5 Å². The minimum Gasteiger partial charge on any atom is -0.496 e. The highest BCUT2D eigenvalue weighted by Gasteiger charge is 2.19. The largest absolute Gasteiger partial charge is 0.496 e. The summed E-state index contributed by atoms with van der Waals surface area (Å²) in [6.07, 6.45) is 7.40. The number of methoxy groups -OCH3 is 1. The standard InChI is InChI=1S/C16H22N2O/c1-19-16-6-4-5-15-14(16)9-12-18(15)11-3-2-10-17-13-7-8-13/h4-6,9,12-13,17H,2-3,7-8,10-11H2,1H3. The van der Waals surface area contributed by atoms with Crippen LogP contribution in [0.4, 0.5) is 0 Å². The molecule has 1 aromatic carbocycles. The number of hydrogen-bond acceptors (Lipinski definition) is 2. The highest BCUT2D eigenvalue weighted by atomic mass is 16.5. The van der Waals surface area contributed by atoms with E-state index < -0.39 is 0 Å². The first kappa shape index (κ1) is 12.5. The molecule has 1 aliphatic rings. The van der Waals surface area contributed by atoms with Crippen LogP contribution in [-0.4, -0.2) is 24.3 Å². The molecule has 0 bridgehead atoms. The third kappa shape index (κ3) is 2.92. The summed E-state index contributed by atoms with van der Waals surface area (Å²) >= 11 is 0. The fraction of sp³-hybridized carbons (Fsp3) is 0.500. The van der Waals surface area contributed by atoms with Gasteiger partial charge in [0.1, 0.15) is 5.75 Å². The summed E-state index contributed by atoms with van der Waals surface area (Å²) in [6, 6.07) is 9.23. The molecule has 0 spiro atoms. The molecule has 1 aromatic heterocycles. The Kier molecular flexibility index (Phi) is 3.74. The predicted molar refractivity (Wildman–Crippen MR) is 78.7 cm³/mol. The maximum atomic E-state index is 5.39. The van der Waals surface area contributed by atoms with Gasteiger partial charge >= 0.3 is 0 Å². The Morgan fingerprint density at radius 3 is 2.95 bits per heavy atom. The van der Waals surface area contributed by atoms with Gasteiger partial charge in [0, 0.05) is 24.2 Å². The lowest BCUT2D eigenvalue weighted by Crippen LogP contribution is -2.17. The van der Waals surface area contributed by atoms with E-state index in [9.17, 15) is 0 Å². The van der Waals surface area contributed by atoms with Crippen LogP contribution >= 0.6 is 0 Å². The number of aromatic nitrogens is 1. The monoisotopic (exact) mass is 258 g/mol. The maximum absolute atomic E-state index is 5.39. The van der Waals surface area contributed by atoms with E-state index in [1.54, 1.807) is 7.11 Å². The SMILES string of the molecule is COc1cccc2c1ccn2CCCCNC1CC1. The second-order valence-electron chi connectivity index (χ2n) is 5.34. The molecule has 3 heteroatoms. The van der Waals surface area contributed by atoms with E-state index in [4.69, 9.17) is 4.74 Å². The molecule has 1 aliphatic carbocycles. The van der Waals surface area contributed by atoms with Gasteiger partial charge in [-0.25, -0.2) is 0 Å². The third-order valence-electron chi connectivity index (χ3n) is 3.83. The number of ether oxygens (including phenoxy) is 1. The van der Waals surface area contributed by atoms with Crippen LogP contribution in [0.1, 0.15) is 25.7 Å². The molecule has 1 fully saturated rings. The van der Waals surface area contributed by atoms with Crippen LogP contribution in [0.2, 0.25) is 0 Å². The lowest BCUT2D eigenvalue weighted by Gasteiger charge is -2.07. The van der Waals surface area contributed by atoms with Crippen molar-refractivity contribution in [1.29, 1.82) is 0 Å². The van der Waals surface area contributed by atoms with Crippen molar-refractivity contribution in [2.24, 2.45) is 0 Å². The summed E-state index contributed by atoms with van der Waals surface area (Å²) in [5.41, 5.74) is 1.27. The van der Waals surface area contributed by atoms with Crippen LogP contribution in [0.5, 0.6) is 5.75 Å². The van der Waals surface area contributed by atoms with Gasteiger partial charge in [-0.15, -0.1) is 0 Å². The highest BCUT2D eigenvalue weighted by Crippen LogP contribution is 2.26. The zero-order chi connectivity index (χ0) is 13.1. The molecule has 3 nitrogen and oxygen atoms in total. The highest BCUT2D eigenvalue weighted by molar-refractivity contribution is 5.86. The van der Waals surface area contributed by atoms with Crippen LogP contribution in [-0.2, 0) is 6.54 Å². The smallest absolute Gasteiger partial charge is 0.128 e. The first-order valence-electron chi connectivity index (χ1n) is 7.24. The van der Waals surface area contributed by atoms with E-state index in [1.807, 2.05) is 6.07 Å². The second-order valence-corrected chi connectivity index (χ2v) is 5.34. The summed E-state index contributed by atoms with van der Waals surface area (Å²) in [7, 11) is 1.73. The summed E-state index contributed by atoms with van der Waals surface area (Å²) in [6.45, 7) is 2.25. The fourth-order valence-electron chi connectivity index (χ4n) is 2.57. The minimum absolute atomic E-state index is 0.830. The van der Waals surface area contributed by atoms with Gasteiger partial charge < -0.3 is 14.6 Å².